The molecule has 0 bridgehead atoms. The van der Waals surface area contributed by atoms with Crippen molar-refractivity contribution in [1.29, 1.82) is 0 Å². The first kappa shape index (κ1) is 15.6. The van der Waals surface area contributed by atoms with Gasteiger partial charge in [-0.2, -0.15) is 10.2 Å². The summed E-state index contributed by atoms with van der Waals surface area (Å²) in [5.41, 5.74) is 4.44. The van der Waals surface area contributed by atoms with Gasteiger partial charge in [-0.05, 0) is 28.5 Å². The van der Waals surface area contributed by atoms with Crippen LogP contribution in [0.3, 0.4) is 0 Å². The molecule has 3 aromatic carbocycles. The summed E-state index contributed by atoms with van der Waals surface area (Å²) in [4.78, 5) is 0. The van der Waals surface area contributed by atoms with Gasteiger partial charge < -0.3 is 0 Å². The monoisotopic (exact) mass is 350 g/mol. The van der Waals surface area contributed by atoms with E-state index in [-0.39, 0.29) is 0 Å². The molecule has 0 saturated carbocycles. The van der Waals surface area contributed by atoms with Crippen LogP contribution in [0.25, 0.3) is 27.6 Å². The zero-order chi connectivity index (χ0) is 18.1. The molecule has 4 nitrogen and oxygen atoms in total. The van der Waals surface area contributed by atoms with Crippen LogP contribution in [-0.2, 0) is 6.54 Å². The lowest BCUT2D eigenvalue weighted by molar-refractivity contribution is 0.690. The van der Waals surface area contributed by atoms with Crippen molar-refractivity contribution in [3.05, 3.63) is 103 Å². The summed E-state index contributed by atoms with van der Waals surface area (Å²) in [6, 6.07) is 25.0. The molecule has 2 heterocycles. The Morgan fingerprint density at radius 2 is 1.41 bits per heavy atom. The Bertz CT molecular complexity index is 1200. The fraction of sp³-hybridized carbons (Fsp3) is 0.0435. The molecule has 130 valence electrons. The third-order valence-electron chi connectivity index (χ3n) is 4.78. The molecule has 2 aromatic heterocycles. The van der Waals surface area contributed by atoms with Crippen molar-refractivity contribution in [3.8, 4) is 16.8 Å². The van der Waals surface area contributed by atoms with E-state index in [9.17, 15) is 0 Å². The molecule has 0 aliphatic rings. The Hall–Kier alpha value is -3.66. The van der Waals surface area contributed by atoms with Crippen LogP contribution in [0.15, 0.2) is 97.6 Å². The number of hydrogen-bond donors (Lipinski definition) is 0. The number of rotatable bonds is 4. The van der Waals surface area contributed by atoms with Gasteiger partial charge >= 0.3 is 0 Å². The zero-order valence-electron chi connectivity index (χ0n) is 14.7. The predicted octanol–water partition coefficient (Wildman–Crippen LogP) is 4.94. The largest absolute Gasteiger partial charge is 0.268 e. The molecular formula is C23H18N4. The van der Waals surface area contributed by atoms with Crippen molar-refractivity contribution < 1.29 is 0 Å². The normalized spacial score (nSPS) is 11.1. The molecule has 0 N–H and O–H groups in total. The SMILES string of the molecule is c1ccc(-n2cc(-c3cnn(Cc4cccc5ccccc45)c3)cn2)cc1. The summed E-state index contributed by atoms with van der Waals surface area (Å²) in [6.45, 7) is 0.744. The Labute approximate surface area is 157 Å². The van der Waals surface area contributed by atoms with Crippen LogP contribution in [-0.4, -0.2) is 19.6 Å². The van der Waals surface area contributed by atoms with Crippen LogP contribution in [0.1, 0.15) is 5.56 Å². The van der Waals surface area contributed by atoms with E-state index in [1.807, 2.05) is 58.3 Å². The van der Waals surface area contributed by atoms with Gasteiger partial charge in [-0.25, -0.2) is 4.68 Å². The summed E-state index contributed by atoms with van der Waals surface area (Å²) < 4.78 is 3.87. The van der Waals surface area contributed by atoms with Gasteiger partial charge in [0.2, 0.25) is 0 Å². The predicted molar refractivity (Wildman–Crippen MR) is 108 cm³/mol. The average molecular weight is 350 g/mol. The van der Waals surface area contributed by atoms with E-state index in [0.717, 1.165) is 23.4 Å². The fourth-order valence-corrected chi connectivity index (χ4v) is 3.40. The maximum atomic E-state index is 4.56. The molecule has 0 radical (unpaired) electrons. The Morgan fingerprint density at radius 1 is 0.667 bits per heavy atom. The standard InChI is InChI=1S/C23H18N4/c1-2-10-22(11-3-1)27-17-21(14-25-27)20-13-24-26(16-20)15-19-9-6-8-18-7-4-5-12-23(18)19/h1-14,16-17H,15H2. The first-order valence-electron chi connectivity index (χ1n) is 8.96. The van der Waals surface area contributed by atoms with E-state index in [1.54, 1.807) is 0 Å². The highest BCUT2D eigenvalue weighted by molar-refractivity contribution is 5.85. The average Bonchev–Trinajstić information content (AvgIpc) is 3.39. The van der Waals surface area contributed by atoms with Crippen LogP contribution < -0.4 is 0 Å². The summed E-state index contributed by atoms with van der Waals surface area (Å²) >= 11 is 0. The highest BCUT2D eigenvalue weighted by Gasteiger charge is 2.07. The summed E-state index contributed by atoms with van der Waals surface area (Å²) in [7, 11) is 0. The van der Waals surface area contributed by atoms with Crippen molar-refractivity contribution in [3.63, 3.8) is 0 Å². The van der Waals surface area contributed by atoms with Gasteiger partial charge in [-0.3, -0.25) is 4.68 Å². The van der Waals surface area contributed by atoms with Crippen LogP contribution in [0.2, 0.25) is 0 Å². The molecule has 0 aliphatic carbocycles. The first-order valence-corrected chi connectivity index (χ1v) is 8.96. The van der Waals surface area contributed by atoms with Crippen LogP contribution >= 0.6 is 0 Å². The fourth-order valence-electron chi connectivity index (χ4n) is 3.40. The Balaban J connectivity index is 1.43. The highest BCUT2D eigenvalue weighted by Crippen LogP contribution is 2.22. The first-order chi connectivity index (χ1) is 13.4. The molecule has 5 aromatic rings. The molecule has 0 amide bonds. The van der Waals surface area contributed by atoms with Crippen LogP contribution in [0.5, 0.6) is 0 Å². The molecule has 0 spiro atoms. The van der Waals surface area contributed by atoms with E-state index in [4.69, 9.17) is 0 Å². The third-order valence-corrected chi connectivity index (χ3v) is 4.78. The summed E-state index contributed by atoms with van der Waals surface area (Å²) in [5, 5.41) is 11.6. The minimum Gasteiger partial charge on any atom is -0.268 e. The molecule has 0 fully saturated rings. The van der Waals surface area contributed by atoms with Gasteiger partial charge in [0, 0.05) is 23.5 Å². The lowest BCUT2D eigenvalue weighted by Crippen LogP contribution is -2.00. The molecule has 4 heteroatoms. The molecule has 0 aliphatic heterocycles. The van der Waals surface area contributed by atoms with Crippen molar-refractivity contribution in [2.75, 3.05) is 0 Å². The number of para-hydroxylation sites is 1. The minimum atomic E-state index is 0.744. The van der Waals surface area contributed by atoms with Gasteiger partial charge in [0.15, 0.2) is 0 Å². The quantitative estimate of drug-likeness (QED) is 0.460. The van der Waals surface area contributed by atoms with E-state index >= 15 is 0 Å². The molecule has 5 rings (SSSR count). The smallest absolute Gasteiger partial charge is 0.0665 e. The number of hydrogen-bond acceptors (Lipinski definition) is 2. The highest BCUT2D eigenvalue weighted by atomic mass is 15.3. The van der Waals surface area contributed by atoms with Gasteiger partial charge in [0.05, 0.1) is 24.6 Å². The second-order valence-corrected chi connectivity index (χ2v) is 6.57. The second kappa shape index (κ2) is 6.57. The number of aromatic nitrogens is 4. The van der Waals surface area contributed by atoms with E-state index in [0.29, 0.717) is 0 Å². The van der Waals surface area contributed by atoms with Gasteiger partial charge in [-0.15, -0.1) is 0 Å². The van der Waals surface area contributed by atoms with Gasteiger partial charge in [0.25, 0.3) is 0 Å². The number of benzene rings is 3. The maximum Gasteiger partial charge on any atom is 0.0665 e. The summed E-state index contributed by atoms with van der Waals surface area (Å²) in [6.07, 6.45) is 7.90. The molecule has 0 saturated heterocycles. The molecular weight excluding hydrogens is 332 g/mol. The Kier molecular flexibility index (Phi) is 3.79. The maximum absolute atomic E-state index is 4.56. The Morgan fingerprint density at radius 3 is 2.33 bits per heavy atom. The number of nitrogens with zero attached hydrogens (tertiary/aromatic N) is 4. The van der Waals surface area contributed by atoms with Crippen LogP contribution in [0.4, 0.5) is 0 Å². The zero-order valence-corrected chi connectivity index (χ0v) is 14.7. The lowest BCUT2D eigenvalue weighted by atomic mass is 10.0. The van der Waals surface area contributed by atoms with Crippen molar-refractivity contribution in [2.24, 2.45) is 0 Å². The summed E-state index contributed by atoms with van der Waals surface area (Å²) in [5.74, 6) is 0. The van der Waals surface area contributed by atoms with E-state index in [2.05, 4.69) is 58.9 Å². The minimum absolute atomic E-state index is 0.744. The van der Waals surface area contributed by atoms with Gasteiger partial charge in [-0.1, -0.05) is 60.7 Å². The van der Waals surface area contributed by atoms with Crippen molar-refractivity contribution in [1.82, 2.24) is 19.6 Å². The second-order valence-electron chi connectivity index (χ2n) is 6.57. The molecule has 27 heavy (non-hydrogen) atoms. The van der Waals surface area contributed by atoms with E-state index < -0.39 is 0 Å². The topological polar surface area (TPSA) is 35.6 Å². The van der Waals surface area contributed by atoms with Crippen LogP contribution in [0, 0.1) is 0 Å². The number of fused-ring (bicyclic) bond motifs is 1. The van der Waals surface area contributed by atoms with Crippen molar-refractivity contribution in [2.45, 2.75) is 6.54 Å². The molecule has 0 atom stereocenters. The lowest BCUT2D eigenvalue weighted by Gasteiger charge is -2.06. The van der Waals surface area contributed by atoms with Gasteiger partial charge in [0.1, 0.15) is 0 Å². The molecule has 0 unspecified atom stereocenters. The third kappa shape index (κ3) is 3.02. The van der Waals surface area contributed by atoms with Crippen molar-refractivity contribution >= 4 is 10.8 Å². The van der Waals surface area contributed by atoms with E-state index in [1.165, 1.54) is 16.3 Å².